The topological polar surface area (TPSA) is 50.2 Å². The summed E-state index contributed by atoms with van der Waals surface area (Å²) in [6, 6.07) is 18.3. The number of carbonyl (C=O) groups is 1. The number of ketones is 1. The Morgan fingerprint density at radius 2 is 1.50 bits per heavy atom. The van der Waals surface area contributed by atoms with Gasteiger partial charge in [-0.05, 0) is 24.3 Å². The van der Waals surface area contributed by atoms with Crippen molar-refractivity contribution in [2.24, 2.45) is 0 Å². The molecule has 3 aromatic carbocycles. The van der Waals surface area contributed by atoms with E-state index in [1.807, 2.05) is 18.2 Å². The first-order chi connectivity index (χ1) is 13.5. The number of halogens is 2. The van der Waals surface area contributed by atoms with Gasteiger partial charge < -0.3 is 5.11 Å². The molecule has 0 aliphatic carbocycles. The van der Waals surface area contributed by atoms with Crippen molar-refractivity contribution in [3.63, 3.8) is 0 Å². The quantitative estimate of drug-likeness (QED) is 0.267. The molecular formula is C22H13F2NO2S. The summed E-state index contributed by atoms with van der Waals surface area (Å²) in [5, 5.41) is 11.1. The first kappa shape index (κ1) is 18.0. The van der Waals surface area contributed by atoms with Gasteiger partial charge in [-0.2, -0.15) is 0 Å². The zero-order chi connectivity index (χ0) is 19.7. The third-order valence-corrected chi connectivity index (χ3v) is 5.20. The lowest BCUT2D eigenvalue weighted by Gasteiger charge is -2.09. The molecule has 6 heteroatoms. The Morgan fingerprint density at radius 3 is 2.18 bits per heavy atom. The molecule has 4 rings (SSSR count). The van der Waals surface area contributed by atoms with Gasteiger partial charge in [-0.15, -0.1) is 11.3 Å². The van der Waals surface area contributed by atoms with Gasteiger partial charge in [-0.25, -0.2) is 13.8 Å². The second-order valence-electron chi connectivity index (χ2n) is 6.06. The summed E-state index contributed by atoms with van der Waals surface area (Å²) in [4.78, 5) is 17.6. The van der Waals surface area contributed by atoms with Gasteiger partial charge >= 0.3 is 0 Å². The zero-order valence-electron chi connectivity index (χ0n) is 14.4. The van der Waals surface area contributed by atoms with Crippen molar-refractivity contribution < 1.29 is 18.7 Å². The van der Waals surface area contributed by atoms with Gasteiger partial charge in [0, 0.05) is 17.2 Å². The lowest BCUT2D eigenvalue weighted by atomic mass is 9.99. The van der Waals surface area contributed by atoms with E-state index in [9.17, 15) is 18.7 Å². The Hall–Kier alpha value is -3.38. The van der Waals surface area contributed by atoms with E-state index in [2.05, 4.69) is 4.98 Å². The lowest BCUT2D eigenvalue weighted by Crippen LogP contribution is -2.06. The van der Waals surface area contributed by atoms with Crippen LogP contribution < -0.4 is 0 Å². The summed E-state index contributed by atoms with van der Waals surface area (Å²) in [5.74, 6) is -2.71. The van der Waals surface area contributed by atoms with E-state index in [1.54, 1.807) is 36.4 Å². The summed E-state index contributed by atoms with van der Waals surface area (Å²) < 4.78 is 28.2. The number of hydrogen-bond acceptors (Lipinski definition) is 4. The van der Waals surface area contributed by atoms with Crippen LogP contribution in [0.15, 0.2) is 72.8 Å². The third kappa shape index (κ3) is 3.42. The number of nitrogens with zero attached hydrogens (tertiary/aromatic N) is 1. The fourth-order valence-corrected chi connectivity index (χ4v) is 3.86. The molecule has 0 fully saturated rings. The van der Waals surface area contributed by atoms with Crippen LogP contribution in [0.3, 0.4) is 0 Å². The van der Waals surface area contributed by atoms with Crippen LogP contribution in [-0.2, 0) is 0 Å². The first-order valence-corrected chi connectivity index (χ1v) is 9.20. The Balaban J connectivity index is 1.96. The summed E-state index contributed by atoms with van der Waals surface area (Å²) in [6.07, 6.45) is 0. The van der Waals surface area contributed by atoms with Crippen LogP contribution >= 0.6 is 11.3 Å². The second kappa shape index (κ2) is 7.32. The maximum atomic E-state index is 13.7. The van der Waals surface area contributed by atoms with E-state index < -0.39 is 23.2 Å². The van der Waals surface area contributed by atoms with Gasteiger partial charge in [0.2, 0.25) is 0 Å². The van der Waals surface area contributed by atoms with Crippen molar-refractivity contribution in [3.05, 3.63) is 101 Å². The number of thiazole rings is 1. The first-order valence-electron chi connectivity index (χ1n) is 8.38. The number of para-hydroxylation sites is 1. The van der Waals surface area contributed by atoms with Crippen LogP contribution in [0.1, 0.15) is 20.9 Å². The Morgan fingerprint density at radius 1 is 0.857 bits per heavy atom. The molecule has 0 amide bonds. The van der Waals surface area contributed by atoms with Gasteiger partial charge in [0.15, 0.2) is 5.78 Å². The maximum Gasteiger partial charge on any atom is 0.199 e. The number of allylic oxidation sites excluding steroid dienone is 1. The molecular weight excluding hydrogens is 380 g/mol. The molecule has 0 spiro atoms. The fraction of sp³-hybridized carbons (Fsp3) is 0. The van der Waals surface area contributed by atoms with E-state index >= 15 is 0 Å². The van der Waals surface area contributed by atoms with E-state index in [0.29, 0.717) is 17.1 Å². The molecule has 0 bridgehead atoms. The highest BCUT2D eigenvalue weighted by molar-refractivity contribution is 7.20. The smallest absolute Gasteiger partial charge is 0.199 e. The van der Waals surface area contributed by atoms with Crippen LogP contribution in [0, 0.1) is 11.6 Å². The van der Waals surface area contributed by atoms with Crippen LogP contribution in [0.2, 0.25) is 0 Å². The molecule has 1 heterocycles. The molecule has 4 aromatic rings. The summed E-state index contributed by atoms with van der Waals surface area (Å²) in [5.41, 5.74) is 0.771. The van der Waals surface area contributed by atoms with E-state index in [0.717, 1.165) is 16.8 Å². The Bertz CT molecular complexity index is 1160. The number of aliphatic hydroxyl groups excluding tert-OH is 1. The molecule has 0 unspecified atom stereocenters. The number of Topliss-reactive ketones (excluding diaryl/α,β-unsaturated/α-hetero) is 1. The van der Waals surface area contributed by atoms with Crippen molar-refractivity contribution >= 4 is 38.7 Å². The minimum atomic E-state index is -0.850. The van der Waals surface area contributed by atoms with E-state index in [4.69, 9.17) is 0 Å². The highest BCUT2D eigenvalue weighted by Crippen LogP contribution is 2.33. The summed E-state index contributed by atoms with van der Waals surface area (Å²) in [6.45, 7) is 0. The van der Waals surface area contributed by atoms with Crippen molar-refractivity contribution in [2.75, 3.05) is 0 Å². The highest BCUT2D eigenvalue weighted by atomic mass is 32.1. The third-order valence-electron chi connectivity index (χ3n) is 4.14. The number of carbonyl (C=O) groups excluding carboxylic acids is 1. The summed E-state index contributed by atoms with van der Waals surface area (Å²) >= 11 is 1.22. The normalized spacial score (nSPS) is 12.1. The van der Waals surface area contributed by atoms with Crippen LogP contribution in [0.4, 0.5) is 8.78 Å². The van der Waals surface area contributed by atoms with Crippen molar-refractivity contribution in [1.82, 2.24) is 4.98 Å². The highest BCUT2D eigenvalue weighted by Gasteiger charge is 2.24. The number of fused-ring (bicyclic) bond motifs is 1. The lowest BCUT2D eigenvalue weighted by molar-refractivity contribution is 0.105. The standard InChI is InChI=1S/C22H13F2NO2S/c23-15-10-14(11-16(24)12-15)21(27)19(20(26)13-6-2-1-3-7-13)22-25-17-8-4-5-9-18(17)28-22/h1-12,27H/b21-19-. The number of hydrogen-bond donors (Lipinski definition) is 1. The van der Waals surface area contributed by atoms with Gasteiger partial charge in [0.25, 0.3) is 0 Å². The number of aliphatic hydroxyl groups is 1. The summed E-state index contributed by atoms with van der Waals surface area (Å²) in [7, 11) is 0. The molecule has 0 aliphatic rings. The van der Waals surface area contributed by atoms with Crippen LogP contribution in [-0.4, -0.2) is 15.9 Å². The number of benzene rings is 3. The average molecular weight is 393 g/mol. The predicted molar refractivity (Wildman–Crippen MR) is 106 cm³/mol. The van der Waals surface area contributed by atoms with Gasteiger partial charge in [0.05, 0.1) is 10.2 Å². The minimum Gasteiger partial charge on any atom is -0.506 e. The number of rotatable bonds is 4. The fourth-order valence-electron chi connectivity index (χ4n) is 2.85. The Labute approximate surface area is 163 Å². The van der Waals surface area contributed by atoms with E-state index in [1.165, 1.54) is 11.3 Å². The minimum absolute atomic E-state index is 0.0996. The SMILES string of the molecule is O=C(/C(=C(/O)c1cc(F)cc(F)c1)c1nc2ccccc2s1)c1ccccc1. The molecule has 1 N–H and O–H groups in total. The molecule has 0 radical (unpaired) electrons. The van der Waals surface area contributed by atoms with Gasteiger partial charge in [-0.3, -0.25) is 4.79 Å². The van der Waals surface area contributed by atoms with Crippen molar-refractivity contribution in [1.29, 1.82) is 0 Å². The van der Waals surface area contributed by atoms with Gasteiger partial charge in [0.1, 0.15) is 28.0 Å². The molecule has 0 saturated heterocycles. The van der Waals surface area contributed by atoms with Crippen LogP contribution in [0.5, 0.6) is 0 Å². The maximum absolute atomic E-state index is 13.7. The molecule has 0 aliphatic heterocycles. The monoisotopic (exact) mass is 393 g/mol. The molecule has 28 heavy (non-hydrogen) atoms. The van der Waals surface area contributed by atoms with Gasteiger partial charge in [-0.1, -0.05) is 42.5 Å². The second-order valence-corrected chi connectivity index (χ2v) is 7.09. The number of aromatic nitrogens is 1. The molecule has 1 aromatic heterocycles. The predicted octanol–water partition coefficient (Wildman–Crippen LogP) is 5.88. The molecule has 3 nitrogen and oxygen atoms in total. The van der Waals surface area contributed by atoms with E-state index in [-0.39, 0.29) is 16.1 Å². The molecule has 138 valence electrons. The zero-order valence-corrected chi connectivity index (χ0v) is 15.2. The van der Waals surface area contributed by atoms with Crippen LogP contribution in [0.25, 0.3) is 21.5 Å². The largest absolute Gasteiger partial charge is 0.506 e. The van der Waals surface area contributed by atoms with Crippen molar-refractivity contribution in [3.8, 4) is 0 Å². The molecule has 0 saturated carbocycles. The van der Waals surface area contributed by atoms with Crippen molar-refractivity contribution in [2.45, 2.75) is 0 Å². The average Bonchev–Trinajstić information content (AvgIpc) is 3.11. The Kier molecular flexibility index (Phi) is 4.71. The molecule has 0 atom stereocenters.